The third-order valence-corrected chi connectivity index (χ3v) is 4.73. The first-order valence-electron chi connectivity index (χ1n) is 9.04. The highest BCUT2D eigenvalue weighted by Gasteiger charge is 2.42. The Kier molecular flexibility index (Phi) is 5.23. The summed E-state index contributed by atoms with van der Waals surface area (Å²) >= 11 is 0. The highest BCUT2D eigenvalue weighted by Crippen LogP contribution is 2.27. The summed E-state index contributed by atoms with van der Waals surface area (Å²) < 4.78 is 5.54. The minimum atomic E-state index is -0.584. The van der Waals surface area contributed by atoms with E-state index in [0.717, 1.165) is 36.4 Å². The first-order valence-corrected chi connectivity index (χ1v) is 9.04. The van der Waals surface area contributed by atoms with Crippen LogP contribution in [0.4, 0.5) is 0 Å². The molecule has 0 aliphatic carbocycles. The molecule has 25 heavy (non-hydrogen) atoms. The van der Waals surface area contributed by atoms with E-state index in [1.54, 1.807) is 0 Å². The normalized spacial score (nSPS) is 20.2. The average Bonchev–Trinajstić information content (AvgIpc) is 3.24. The molecule has 3 rings (SSSR count). The molecule has 134 valence electrons. The van der Waals surface area contributed by atoms with Crippen LogP contribution in [0.3, 0.4) is 0 Å². The third-order valence-electron chi connectivity index (χ3n) is 4.73. The molecule has 1 aliphatic rings. The number of aromatic nitrogens is 1. The number of benzene rings is 1. The van der Waals surface area contributed by atoms with Gasteiger partial charge in [0.15, 0.2) is 0 Å². The lowest BCUT2D eigenvalue weighted by atomic mass is 9.90. The van der Waals surface area contributed by atoms with Crippen molar-refractivity contribution < 1.29 is 9.32 Å². The van der Waals surface area contributed by atoms with Gasteiger partial charge in [-0.3, -0.25) is 4.79 Å². The van der Waals surface area contributed by atoms with Gasteiger partial charge in [-0.05, 0) is 32.2 Å². The number of hydrogen-bond acceptors (Lipinski definition) is 4. The number of carbonyl (C=O) groups excluding carboxylic acids is 1. The second-order valence-electron chi connectivity index (χ2n) is 7.44. The van der Waals surface area contributed by atoms with Crippen LogP contribution in [0.25, 0.3) is 11.3 Å². The Morgan fingerprint density at radius 3 is 2.76 bits per heavy atom. The van der Waals surface area contributed by atoms with Gasteiger partial charge in [0.05, 0.1) is 0 Å². The van der Waals surface area contributed by atoms with E-state index >= 15 is 0 Å². The van der Waals surface area contributed by atoms with Crippen LogP contribution in [-0.2, 0) is 11.2 Å². The number of carbonyl (C=O) groups is 1. The minimum Gasteiger partial charge on any atom is -0.361 e. The van der Waals surface area contributed by atoms with E-state index in [2.05, 4.69) is 48.7 Å². The molecule has 0 saturated carbocycles. The lowest BCUT2D eigenvalue weighted by Crippen LogP contribution is -2.55. The van der Waals surface area contributed by atoms with Gasteiger partial charge in [-0.1, -0.05) is 48.8 Å². The maximum absolute atomic E-state index is 12.8. The van der Waals surface area contributed by atoms with Gasteiger partial charge in [-0.2, -0.15) is 0 Å². The number of hydrogen-bond donors (Lipinski definition) is 2. The molecule has 1 fully saturated rings. The van der Waals surface area contributed by atoms with Crippen LogP contribution in [0.5, 0.6) is 0 Å². The molecule has 1 aliphatic heterocycles. The van der Waals surface area contributed by atoms with Crippen molar-refractivity contribution in [1.29, 1.82) is 0 Å². The highest BCUT2D eigenvalue weighted by molar-refractivity contribution is 5.87. The second kappa shape index (κ2) is 7.40. The van der Waals surface area contributed by atoms with Gasteiger partial charge in [0, 0.05) is 24.6 Å². The molecule has 1 aromatic heterocycles. The Morgan fingerprint density at radius 2 is 2.12 bits per heavy atom. The fraction of sp³-hybridized carbons (Fsp3) is 0.500. The van der Waals surface area contributed by atoms with Crippen LogP contribution < -0.4 is 10.6 Å². The number of nitrogens with one attached hydrogen (secondary N) is 2. The zero-order valence-electron chi connectivity index (χ0n) is 15.3. The summed E-state index contributed by atoms with van der Waals surface area (Å²) in [7, 11) is 0. The van der Waals surface area contributed by atoms with Crippen molar-refractivity contribution in [3.63, 3.8) is 0 Å². The van der Waals surface area contributed by atoms with E-state index in [1.165, 1.54) is 5.56 Å². The van der Waals surface area contributed by atoms with Crippen molar-refractivity contribution in [1.82, 2.24) is 15.8 Å². The Bertz CT molecular complexity index is 713. The fourth-order valence-corrected chi connectivity index (χ4v) is 3.25. The lowest BCUT2D eigenvalue weighted by molar-refractivity contribution is -0.127. The molecular formula is C20H27N3O2. The molecule has 1 amide bonds. The van der Waals surface area contributed by atoms with Crippen LogP contribution in [0, 0.1) is 12.8 Å². The fourth-order valence-electron chi connectivity index (χ4n) is 3.25. The molecule has 1 saturated heterocycles. The number of nitrogens with zero attached hydrogens (tertiary/aromatic N) is 1. The van der Waals surface area contributed by atoms with E-state index in [-0.39, 0.29) is 5.91 Å². The average molecular weight is 341 g/mol. The van der Waals surface area contributed by atoms with Crippen molar-refractivity contribution in [3.05, 3.63) is 41.7 Å². The standard InChI is InChI=1S/C20H27N3O2/c1-14(2)13-21-19(24)20(9-4-10-22-20)12-17-11-18(23-25-17)16-7-5-15(3)6-8-16/h5-8,11,14,22H,4,9-10,12-13H2,1-3H3,(H,21,24)/t20-/m0/s1. The van der Waals surface area contributed by atoms with Gasteiger partial charge in [0.25, 0.3) is 0 Å². The van der Waals surface area contributed by atoms with Gasteiger partial charge < -0.3 is 15.2 Å². The molecule has 0 radical (unpaired) electrons. The van der Waals surface area contributed by atoms with Crippen molar-refractivity contribution in [2.75, 3.05) is 13.1 Å². The van der Waals surface area contributed by atoms with Crippen molar-refractivity contribution >= 4 is 5.91 Å². The number of aryl methyl sites for hydroxylation is 1. The predicted octanol–water partition coefficient (Wildman–Crippen LogP) is 3.09. The molecular weight excluding hydrogens is 314 g/mol. The Hall–Kier alpha value is -2.14. The topological polar surface area (TPSA) is 67.2 Å². The van der Waals surface area contributed by atoms with Crippen LogP contribution in [0.15, 0.2) is 34.9 Å². The van der Waals surface area contributed by atoms with E-state index in [9.17, 15) is 4.79 Å². The molecule has 5 heteroatoms. The molecule has 1 atom stereocenters. The largest absolute Gasteiger partial charge is 0.361 e. The molecule has 2 aromatic rings. The molecule has 0 spiro atoms. The smallest absolute Gasteiger partial charge is 0.240 e. The maximum atomic E-state index is 12.8. The van der Waals surface area contributed by atoms with Gasteiger partial charge in [-0.25, -0.2) is 0 Å². The molecule has 2 N–H and O–H groups in total. The van der Waals surface area contributed by atoms with Crippen LogP contribution in [0.1, 0.15) is 38.0 Å². The molecule has 1 aromatic carbocycles. The molecule has 0 unspecified atom stereocenters. The summed E-state index contributed by atoms with van der Waals surface area (Å²) in [6, 6.07) is 10.1. The number of rotatable bonds is 6. The van der Waals surface area contributed by atoms with E-state index in [4.69, 9.17) is 4.52 Å². The summed E-state index contributed by atoms with van der Waals surface area (Å²) in [5.74, 6) is 1.23. The van der Waals surface area contributed by atoms with Gasteiger partial charge in [0.1, 0.15) is 17.0 Å². The minimum absolute atomic E-state index is 0.0620. The van der Waals surface area contributed by atoms with Crippen molar-refractivity contribution in [2.24, 2.45) is 5.92 Å². The first-order chi connectivity index (χ1) is 12.0. The van der Waals surface area contributed by atoms with Crippen LogP contribution >= 0.6 is 0 Å². The van der Waals surface area contributed by atoms with Crippen LogP contribution in [0.2, 0.25) is 0 Å². The monoisotopic (exact) mass is 341 g/mol. The second-order valence-corrected chi connectivity index (χ2v) is 7.44. The SMILES string of the molecule is Cc1ccc(-c2cc(C[C@]3(C(=O)NCC(C)C)CCCN3)on2)cc1. The zero-order valence-corrected chi connectivity index (χ0v) is 15.3. The summed E-state index contributed by atoms with van der Waals surface area (Å²) in [4.78, 5) is 12.8. The van der Waals surface area contributed by atoms with Crippen LogP contribution in [-0.4, -0.2) is 29.7 Å². The summed E-state index contributed by atoms with van der Waals surface area (Å²) in [5, 5.41) is 10.7. The number of amides is 1. The zero-order chi connectivity index (χ0) is 17.9. The summed E-state index contributed by atoms with van der Waals surface area (Å²) in [5.41, 5.74) is 2.46. The Morgan fingerprint density at radius 1 is 1.36 bits per heavy atom. The Labute approximate surface area is 149 Å². The Balaban J connectivity index is 1.75. The third kappa shape index (κ3) is 4.10. The maximum Gasteiger partial charge on any atom is 0.240 e. The van der Waals surface area contributed by atoms with E-state index in [0.29, 0.717) is 18.9 Å². The van der Waals surface area contributed by atoms with Crippen molar-refractivity contribution in [3.8, 4) is 11.3 Å². The predicted molar refractivity (Wildman–Crippen MR) is 98.2 cm³/mol. The lowest BCUT2D eigenvalue weighted by Gasteiger charge is -2.27. The van der Waals surface area contributed by atoms with Gasteiger partial charge in [-0.15, -0.1) is 0 Å². The molecule has 0 bridgehead atoms. The quantitative estimate of drug-likeness (QED) is 0.847. The molecule has 2 heterocycles. The molecule has 5 nitrogen and oxygen atoms in total. The first kappa shape index (κ1) is 17.7. The highest BCUT2D eigenvalue weighted by atomic mass is 16.5. The van der Waals surface area contributed by atoms with E-state index in [1.807, 2.05) is 18.2 Å². The van der Waals surface area contributed by atoms with Gasteiger partial charge in [0.2, 0.25) is 5.91 Å². The summed E-state index contributed by atoms with van der Waals surface area (Å²) in [6.45, 7) is 7.79. The van der Waals surface area contributed by atoms with Gasteiger partial charge >= 0.3 is 0 Å². The van der Waals surface area contributed by atoms with E-state index < -0.39 is 5.54 Å². The van der Waals surface area contributed by atoms with Crippen molar-refractivity contribution in [2.45, 2.75) is 45.6 Å². The summed E-state index contributed by atoms with van der Waals surface area (Å²) in [6.07, 6.45) is 2.33.